The Labute approximate surface area is 155 Å². The molecule has 2 aromatic carbocycles. The lowest BCUT2D eigenvalue weighted by molar-refractivity contribution is -0.115. The number of anilines is 1. The first-order valence-corrected chi connectivity index (χ1v) is 8.85. The van der Waals surface area contributed by atoms with E-state index < -0.39 is 11.1 Å². The molecule has 134 valence electrons. The van der Waals surface area contributed by atoms with Gasteiger partial charge in [-0.15, -0.1) is 0 Å². The lowest BCUT2D eigenvalue weighted by Crippen LogP contribution is -2.22. The quantitative estimate of drug-likeness (QED) is 0.662. The van der Waals surface area contributed by atoms with Gasteiger partial charge in [0.1, 0.15) is 11.6 Å². The molecule has 0 saturated carbocycles. The maximum atomic E-state index is 13.2. The first-order valence-electron chi connectivity index (χ1n) is 7.97. The van der Waals surface area contributed by atoms with Gasteiger partial charge >= 0.3 is 0 Å². The van der Waals surface area contributed by atoms with E-state index in [-0.39, 0.29) is 5.91 Å². The number of amides is 1. The summed E-state index contributed by atoms with van der Waals surface area (Å²) in [7, 11) is 1.62. The summed E-state index contributed by atoms with van der Waals surface area (Å²) in [4.78, 5) is 16.7. The maximum Gasteiger partial charge on any atom is 0.237 e. The Morgan fingerprint density at radius 2 is 2.04 bits per heavy atom. The lowest BCUT2D eigenvalue weighted by atomic mass is 10.3. The summed E-state index contributed by atoms with van der Waals surface area (Å²) in [6.07, 6.45) is 3.52. The van der Waals surface area contributed by atoms with Gasteiger partial charge in [0.25, 0.3) is 0 Å². The van der Waals surface area contributed by atoms with E-state index in [1.165, 1.54) is 23.9 Å². The summed E-state index contributed by atoms with van der Waals surface area (Å²) in [5.74, 6) is 0.161. The van der Waals surface area contributed by atoms with Crippen LogP contribution in [0.25, 0.3) is 5.69 Å². The SMILES string of the molecule is COc1ccc(-n2ccnc2SC(C)C(=O)Nc2cccc(F)c2)cc1. The zero-order valence-corrected chi connectivity index (χ0v) is 15.2. The van der Waals surface area contributed by atoms with E-state index in [4.69, 9.17) is 4.74 Å². The van der Waals surface area contributed by atoms with Crippen LogP contribution >= 0.6 is 11.8 Å². The fraction of sp³-hybridized carbons (Fsp3) is 0.158. The number of nitrogens with zero attached hydrogens (tertiary/aromatic N) is 2. The molecule has 0 aliphatic heterocycles. The standard InChI is InChI=1S/C19H18FN3O2S/c1-13(18(24)22-15-5-3-4-14(20)12-15)26-19-21-10-11-23(19)16-6-8-17(25-2)9-7-16/h3-13H,1-2H3,(H,22,24). The fourth-order valence-electron chi connectivity index (χ4n) is 2.34. The van der Waals surface area contributed by atoms with Crippen LogP contribution in [0.5, 0.6) is 5.75 Å². The third-order valence-electron chi connectivity index (χ3n) is 3.70. The highest BCUT2D eigenvalue weighted by Crippen LogP contribution is 2.26. The molecule has 7 heteroatoms. The van der Waals surface area contributed by atoms with Crippen molar-refractivity contribution in [1.29, 1.82) is 0 Å². The number of imidazole rings is 1. The largest absolute Gasteiger partial charge is 0.497 e. The molecule has 0 aliphatic rings. The Balaban J connectivity index is 1.70. The molecule has 1 aromatic heterocycles. The number of methoxy groups -OCH3 is 1. The fourth-order valence-corrected chi connectivity index (χ4v) is 3.22. The number of thioether (sulfide) groups is 1. The second kappa shape index (κ2) is 8.05. The van der Waals surface area contributed by atoms with E-state index in [1.807, 2.05) is 35.0 Å². The third kappa shape index (κ3) is 4.23. The highest BCUT2D eigenvalue weighted by molar-refractivity contribution is 8.00. The normalized spacial score (nSPS) is 11.8. The highest BCUT2D eigenvalue weighted by Gasteiger charge is 2.18. The average molecular weight is 371 g/mol. The van der Waals surface area contributed by atoms with E-state index in [0.717, 1.165) is 11.4 Å². The van der Waals surface area contributed by atoms with Crippen molar-refractivity contribution < 1.29 is 13.9 Å². The van der Waals surface area contributed by atoms with Crippen molar-refractivity contribution in [3.05, 3.63) is 66.7 Å². The average Bonchev–Trinajstić information content (AvgIpc) is 3.10. The first-order chi connectivity index (χ1) is 12.6. The molecule has 0 bridgehead atoms. The Bertz CT molecular complexity index is 896. The van der Waals surface area contributed by atoms with Crippen LogP contribution in [-0.4, -0.2) is 27.8 Å². The van der Waals surface area contributed by atoms with Gasteiger partial charge in [-0.05, 0) is 49.4 Å². The van der Waals surface area contributed by atoms with Gasteiger partial charge in [0.15, 0.2) is 5.16 Å². The predicted molar refractivity (Wildman–Crippen MR) is 100 cm³/mol. The van der Waals surface area contributed by atoms with Crippen molar-refractivity contribution in [2.24, 2.45) is 0 Å². The van der Waals surface area contributed by atoms with Crippen LogP contribution < -0.4 is 10.1 Å². The van der Waals surface area contributed by atoms with Gasteiger partial charge in [0, 0.05) is 23.8 Å². The second-order valence-corrected chi connectivity index (χ2v) is 6.85. The molecule has 0 radical (unpaired) electrons. The van der Waals surface area contributed by atoms with Crippen molar-refractivity contribution in [3.8, 4) is 11.4 Å². The minimum Gasteiger partial charge on any atom is -0.497 e. The number of benzene rings is 2. The second-order valence-electron chi connectivity index (χ2n) is 5.54. The van der Waals surface area contributed by atoms with Crippen molar-refractivity contribution in [1.82, 2.24) is 9.55 Å². The molecule has 26 heavy (non-hydrogen) atoms. The van der Waals surface area contributed by atoms with Gasteiger partial charge in [0.2, 0.25) is 5.91 Å². The minimum atomic E-state index is -0.405. The number of halogens is 1. The number of carbonyl (C=O) groups excluding carboxylic acids is 1. The van der Waals surface area contributed by atoms with Crippen molar-refractivity contribution in [2.75, 3.05) is 12.4 Å². The van der Waals surface area contributed by atoms with Gasteiger partial charge in [-0.1, -0.05) is 17.8 Å². The topological polar surface area (TPSA) is 56.2 Å². The molecule has 0 aliphatic carbocycles. The summed E-state index contributed by atoms with van der Waals surface area (Å²) in [5.41, 5.74) is 1.35. The summed E-state index contributed by atoms with van der Waals surface area (Å²) in [5, 5.41) is 3.00. The number of rotatable bonds is 6. The zero-order valence-electron chi connectivity index (χ0n) is 14.3. The van der Waals surface area contributed by atoms with Crippen molar-refractivity contribution >= 4 is 23.4 Å². The third-order valence-corrected chi connectivity index (χ3v) is 4.78. The highest BCUT2D eigenvalue weighted by atomic mass is 32.2. The number of ether oxygens (including phenoxy) is 1. The summed E-state index contributed by atoms with van der Waals surface area (Å²) in [6, 6.07) is 13.4. The van der Waals surface area contributed by atoms with Crippen LogP contribution in [0.15, 0.2) is 66.1 Å². The van der Waals surface area contributed by atoms with Crippen LogP contribution in [0, 0.1) is 5.82 Å². The summed E-state index contributed by atoms with van der Waals surface area (Å²) < 4.78 is 20.3. The van der Waals surface area contributed by atoms with Gasteiger partial charge in [-0.25, -0.2) is 9.37 Å². The molecule has 1 atom stereocenters. The Morgan fingerprint density at radius 1 is 1.27 bits per heavy atom. The van der Waals surface area contributed by atoms with E-state index in [2.05, 4.69) is 10.3 Å². The first kappa shape index (κ1) is 18.0. The monoisotopic (exact) mass is 371 g/mol. The Hall–Kier alpha value is -2.80. The summed E-state index contributed by atoms with van der Waals surface area (Å²) in [6.45, 7) is 1.78. The van der Waals surface area contributed by atoms with E-state index in [0.29, 0.717) is 10.8 Å². The molecule has 0 spiro atoms. The van der Waals surface area contributed by atoms with Gasteiger partial charge < -0.3 is 10.1 Å². The summed E-state index contributed by atoms with van der Waals surface area (Å²) >= 11 is 1.33. The number of carbonyl (C=O) groups is 1. The van der Waals surface area contributed by atoms with Crippen LogP contribution in [-0.2, 0) is 4.79 Å². The number of aromatic nitrogens is 2. The molecule has 5 nitrogen and oxygen atoms in total. The van der Waals surface area contributed by atoms with Crippen LogP contribution in [0.4, 0.5) is 10.1 Å². The van der Waals surface area contributed by atoms with E-state index in [9.17, 15) is 9.18 Å². The Kier molecular flexibility index (Phi) is 5.58. The number of nitrogens with one attached hydrogen (secondary N) is 1. The number of hydrogen-bond acceptors (Lipinski definition) is 4. The molecular formula is C19H18FN3O2S. The molecule has 1 heterocycles. The molecule has 1 amide bonds. The van der Waals surface area contributed by atoms with Crippen molar-refractivity contribution in [3.63, 3.8) is 0 Å². The van der Waals surface area contributed by atoms with E-state index in [1.54, 1.807) is 32.4 Å². The molecule has 3 aromatic rings. The molecule has 0 fully saturated rings. The molecule has 0 saturated heterocycles. The lowest BCUT2D eigenvalue weighted by Gasteiger charge is -2.13. The van der Waals surface area contributed by atoms with E-state index >= 15 is 0 Å². The molecule has 1 unspecified atom stereocenters. The van der Waals surface area contributed by atoms with Gasteiger partial charge in [-0.3, -0.25) is 9.36 Å². The smallest absolute Gasteiger partial charge is 0.237 e. The van der Waals surface area contributed by atoms with Crippen LogP contribution in [0.2, 0.25) is 0 Å². The van der Waals surface area contributed by atoms with Crippen LogP contribution in [0.3, 0.4) is 0 Å². The predicted octanol–water partition coefficient (Wildman–Crippen LogP) is 4.14. The van der Waals surface area contributed by atoms with Gasteiger partial charge in [-0.2, -0.15) is 0 Å². The minimum absolute atomic E-state index is 0.218. The molecule has 3 rings (SSSR count). The maximum absolute atomic E-state index is 13.2. The Morgan fingerprint density at radius 3 is 2.73 bits per heavy atom. The molecule has 1 N–H and O–H groups in total. The molecular weight excluding hydrogens is 353 g/mol. The zero-order chi connectivity index (χ0) is 18.5. The number of hydrogen-bond donors (Lipinski definition) is 1. The van der Waals surface area contributed by atoms with Crippen molar-refractivity contribution in [2.45, 2.75) is 17.3 Å². The van der Waals surface area contributed by atoms with Crippen LogP contribution in [0.1, 0.15) is 6.92 Å². The van der Waals surface area contributed by atoms with Gasteiger partial charge in [0.05, 0.1) is 12.4 Å².